The topological polar surface area (TPSA) is 52.6 Å². The Morgan fingerprint density at radius 2 is 1.62 bits per heavy atom. The maximum Gasteiger partial charge on any atom is 0.190 e. The van der Waals surface area contributed by atoms with Crippen LogP contribution >= 0.6 is 11.8 Å². The van der Waals surface area contributed by atoms with Crippen LogP contribution in [0.3, 0.4) is 0 Å². The first-order chi connectivity index (χ1) is 11.4. The molecule has 2 rings (SSSR count). The van der Waals surface area contributed by atoms with Crippen LogP contribution in [0.2, 0.25) is 0 Å². The third-order valence-electron chi connectivity index (χ3n) is 3.81. The molecule has 0 aliphatic heterocycles. The summed E-state index contributed by atoms with van der Waals surface area (Å²) in [6.45, 7) is 1.94. The van der Waals surface area contributed by atoms with Gasteiger partial charge in [-0.25, -0.2) is 8.42 Å². The number of sulfone groups is 1. The molecule has 0 aliphatic carbocycles. The second-order valence-electron chi connectivity index (χ2n) is 5.42. The Morgan fingerprint density at radius 3 is 2.17 bits per heavy atom. The van der Waals surface area contributed by atoms with Gasteiger partial charge in [0.05, 0.1) is 19.1 Å². The highest BCUT2D eigenvalue weighted by Gasteiger charge is 2.27. The van der Waals surface area contributed by atoms with Gasteiger partial charge >= 0.3 is 0 Å². The van der Waals surface area contributed by atoms with Gasteiger partial charge in [-0.3, -0.25) is 0 Å². The van der Waals surface area contributed by atoms with Crippen molar-refractivity contribution in [3.05, 3.63) is 53.6 Å². The fraction of sp³-hybridized carbons (Fsp3) is 0.333. The number of rotatable bonds is 7. The predicted molar refractivity (Wildman–Crippen MR) is 98.9 cm³/mol. The smallest absolute Gasteiger partial charge is 0.190 e. The van der Waals surface area contributed by atoms with Crippen molar-refractivity contribution in [2.75, 3.05) is 20.5 Å². The van der Waals surface area contributed by atoms with Crippen molar-refractivity contribution in [1.82, 2.24) is 0 Å². The van der Waals surface area contributed by atoms with Crippen LogP contribution in [0, 0.1) is 6.92 Å². The lowest BCUT2D eigenvalue weighted by molar-refractivity contribution is 0.354. The van der Waals surface area contributed by atoms with Crippen LogP contribution in [0.1, 0.15) is 11.1 Å². The number of benzene rings is 2. The van der Waals surface area contributed by atoms with Crippen molar-refractivity contribution in [3.8, 4) is 11.5 Å². The Labute approximate surface area is 148 Å². The lowest BCUT2D eigenvalue weighted by Gasteiger charge is -2.17. The van der Waals surface area contributed by atoms with Crippen molar-refractivity contribution in [2.24, 2.45) is 0 Å². The van der Waals surface area contributed by atoms with Crippen LogP contribution in [0.5, 0.6) is 11.5 Å². The van der Waals surface area contributed by atoms with E-state index in [-0.39, 0.29) is 0 Å². The molecule has 0 N–H and O–H groups in total. The third kappa shape index (κ3) is 4.05. The van der Waals surface area contributed by atoms with Crippen molar-refractivity contribution < 1.29 is 17.9 Å². The zero-order valence-electron chi connectivity index (χ0n) is 14.3. The second-order valence-corrected chi connectivity index (χ2v) is 8.89. The van der Waals surface area contributed by atoms with E-state index in [4.69, 9.17) is 9.47 Å². The molecule has 0 spiro atoms. The van der Waals surface area contributed by atoms with Crippen molar-refractivity contribution in [2.45, 2.75) is 22.8 Å². The Morgan fingerprint density at radius 1 is 1.00 bits per heavy atom. The zero-order chi connectivity index (χ0) is 17.7. The molecule has 0 radical (unpaired) electrons. The highest BCUT2D eigenvalue weighted by Crippen LogP contribution is 2.31. The maximum absolute atomic E-state index is 12.9. The summed E-state index contributed by atoms with van der Waals surface area (Å²) in [5.74, 6) is 1.23. The molecule has 24 heavy (non-hydrogen) atoms. The van der Waals surface area contributed by atoms with Crippen LogP contribution in [-0.2, 0) is 16.3 Å². The normalized spacial score (nSPS) is 12.7. The van der Waals surface area contributed by atoms with E-state index in [0.29, 0.717) is 22.8 Å². The molecule has 2 aromatic carbocycles. The van der Waals surface area contributed by atoms with Gasteiger partial charge in [-0.2, -0.15) is 0 Å². The largest absolute Gasteiger partial charge is 0.493 e. The Bertz CT molecular complexity index is 783. The van der Waals surface area contributed by atoms with E-state index >= 15 is 0 Å². The molecule has 6 heteroatoms. The molecule has 1 unspecified atom stereocenters. The van der Waals surface area contributed by atoms with Gasteiger partial charge in [-0.15, -0.1) is 11.8 Å². The van der Waals surface area contributed by atoms with Crippen molar-refractivity contribution in [3.63, 3.8) is 0 Å². The summed E-state index contributed by atoms with van der Waals surface area (Å²) >= 11 is 1.33. The number of ether oxygens (including phenoxy) is 2. The summed E-state index contributed by atoms with van der Waals surface area (Å²) in [4.78, 5) is 0.355. The fourth-order valence-electron chi connectivity index (χ4n) is 2.40. The zero-order valence-corrected chi connectivity index (χ0v) is 15.9. The van der Waals surface area contributed by atoms with Gasteiger partial charge in [-0.05, 0) is 49.4 Å². The number of hydrogen-bond donors (Lipinski definition) is 0. The Hall–Kier alpha value is -1.66. The molecule has 4 nitrogen and oxygen atoms in total. The molecule has 0 saturated heterocycles. The first-order valence-corrected chi connectivity index (χ1v) is 10.3. The molecule has 1 atom stereocenters. The summed E-state index contributed by atoms with van der Waals surface area (Å²) in [5.41, 5.74) is 1.93. The fourth-order valence-corrected chi connectivity index (χ4v) is 5.34. The van der Waals surface area contributed by atoms with Crippen molar-refractivity contribution >= 4 is 21.6 Å². The molecular formula is C18H22O4S2. The van der Waals surface area contributed by atoms with Crippen LogP contribution in [0.4, 0.5) is 0 Å². The molecule has 0 aromatic heterocycles. The lowest BCUT2D eigenvalue weighted by Crippen LogP contribution is -2.20. The summed E-state index contributed by atoms with van der Waals surface area (Å²) in [7, 11) is -0.271. The van der Waals surface area contributed by atoms with Gasteiger partial charge in [-0.1, -0.05) is 23.8 Å². The van der Waals surface area contributed by atoms with Crippen LogP contribution in [0.25, 0.3) is 0 Å². The summed E-state index contributed by atoms with van der Waals surface area (Å²) in [5, 5.41) is 0. The van der Waals surface area contributed by atoms with Crippen LogP contribution in [0.15, 0.2) is 47.4 Å². The molecule has 0 saturated carbocycles. The quantitative estimate of drug-likeness (QED) is 0.747. The molecular weight excluding hydrogens is 344 g/mol. The molecule has 0 fully saturated rings. The highest BCUT2D eigenvalue weighted by atomic mass is 32.3. The average molecular weight is 367 g/mol. The molecule has 0 bridgehead atoms. The van der Waals surface area contributed by atoms with Gasteiger partial charge in [0.25, 0.3) is 0 Å². The van der Waals surface area contributed by atoms with E-state index in [1.165, 1.54) is 11.8 Å². The van der Waals surface area contributed by atoms with E-state index in [1.54, 1.807) is 32.4 Å². The summed E-state index contributed by atoms with van der Waals surface area (Å²) in [6.07, 6.45) is 2.22. The Kier molecular flexibility index (Phi) is 6.18. The van der Waals surface area contributed by atoms with E-state index in [1.807, 2.05) is 37.4 Å². The van der Waals surface area contributed by atoms with Gasteiger partial charge < -0.3 is 9.47 Å². The third-order valence-corrected chi connectivity index (χ3v) is 7.63. The number of aryl methyl sites for hydroxylation is 1. The minimum atomic E-state index is -3.41. The first-order valence-electron chi connectivity index (χ1n) is 7.46. The van der Waals surface area contributed by atoms with Gasteiger partial charge in [0, 0.05) is 0 Å². The summed E-state index contributed by atoms with van der Waals surface area (Å²) in [6, 6.07) is 12.5. The SMILES string of the molecule is COc1ccc(CC(SC)S(=O)(=O)c2ccc(C)cc2)cc1OC. The highest BCUT2D eigenvalue weighted by molar-refractivity contribution is 8.13. The minimum absolute atomic E-state index is 0.355. The van der Waals surface area contributed by atoms with Crippen LogP contribution < -0.4 is 9.47 Å². The van der Waals surface area contributed by atoms with Gasteiger partial charge in [0.2, 0.25) is 0 Å². The van der Waals surface area contributed by atoms with E-state index in [0.717, 1.165) is 11.1 Å². The first kappa shape index (κ1) is 18.7. The molecule has 0 aliphatic rings. The van der Waals surface area contributed by atoms with Crippen molar-refractivity contribution in [1.29, 1.82) is 0 Å². The van der Waals surface area contributed by atoms with E-state index < -0.39 is 14.4 Å². The monoisotopic (exact) mass is 366 g/mol. The van der Waals surface area contributed by atoms with E-state index in [9.17, 15) is 8.42 Å². The van der Waals surface area contributed by atoms with E-state index in [2.05, 4.69) is 0 Å². The number of thioether (sulfide) groups is 1. The lowest BCUT2D eigenvalue weighted by atomic mass is 10.1. The maximum atomic E-state index is 12.9. The molecule has 0 amide bonds. The molecule has 130 valence electrons. The summed E-state index contributed by atoms with van der Waals surface area (Å²) < 4.78 is 35.7. The minimum Gasteiger partial charge on any atom is -0.493 e. The molecule has 2 aromatic rings. The average Bonchev–Trinajstić information content (AvgIpc) is 2.59. The standard InChI is InChI=1S/C18H22O4S2/c1-13-5-8-15(9-6-13)24(19,20)18(23-4)12-14-7-10-16(21-2)17(11-14)22-3/h5-11,18H,12H2,1-4H3. The number of hydrogen-bond acceptors (Lipinski definition) is 5. The van der Waals surface area contributed by atoms with Crippen LogP contribution in [-0.4, -0.2) is 33.5 Å². The molecule has 0 heterocycles. The predicted octanol–water partition coefficient (Wildman–Crippen LogP) is 3.72. The number of methoxy groups -OCH3 is 2. The van der Waals surface area contributed by atoms with Gasteiger partial charge in [0.15, 0.2) is 21.3 Å². The van der Waals surface area contributed by atoms with Gasteiger partial charge in [0.1, 0.15) is 4.58 Å². The Balaban J connectivity index is 2.30. The second kappa shape index (κ2) is 7.94.